The van der Waals surface area contributed by atoms with Crippen LogP contribution in [0.1, 0.15) is 26.3 Å². The highest BCUT2D eigenvalue weighted by Crippen LogP contribution is 2.17. The second kappa shape index (κ2) is 4.45. The molecule has 0 aliphatic rings. The molecule has 0 aliphatic heterocycles. The van der Waals surface area contributed by atoms with Gasteiger partial charge >= 0.3 is 0 Å². The average Bonchev–Trinajstić information content (AvgIpc) is 2.09. The van der Waals surface area contributed by atoms with Gasteiger partial charge in [0.25, 0.3) is 0 Å². The molecule has 0 bridgehead atoms. The molecule has 0 aliphatic carbocycles. The van der Waals surface area contributed by atoms with Gasteiger partial charge in [0, 0.05) is 6.04 Å². The van der Waals surface area contributed by atoms with Crippen LogP contribution in [0.25, 0.3) is 0 Å². The highest BCUT2D eigenvalue weighted by molar-refractivity contribution is 5.46. The zero-order valence-electron chi connectivity index (χ0n) is 9.26. The molecule has 1 atom stereocenters. The fourth-order valence-corrected chi connectivity index (χ4v) is 1.15. The number of rotatable bonds is 3. The van der Waals surface area contributed by atoms with Crippen molar-refractivity contribution in [3.63, 3.8) is 0 Å². The summed E-state index contributed by atoms with van der Waals surface area (Å²) in [6.45, 7) is 8.18. The molecule has 2 heteroatoms. The summed E-state index contributed by atoms with van der Waals surface area (Å²) in [5, 5.41) is 3.16. The van der Waals surface area contributed by atoms with Gasteiger partial charge < -0.3 is 5.32 Å². The average molecular weight is 195 g/mol. The van der Waals surface area contributed by atoms with Gasteiger partial charge in [-0.25, -0.2) is 4.39 Å². The Balaban J connectivity index is 2.77. The largest absolute Gasteiger partial charge is 0.380 e. The van der Waals surface area contributed by atoms with Gasteiger partial charge in [-0.1, -0.05) is 19.9 Å². The lowest BCUT2D eigenvalue weighted by Gasteiger charge is -2.19. The molecule has 0 amide bonds. The number of halogens is 1. The molecule has 1 N–H and O–H groups in total. The lowest BCUT2D eigenvalue weighted by Crippen LogP contribution is -2.22. The molecule has 0 heterocycles. The number of hydrogen-bond acceptors (Lipinski definition) is 1. The highest BCUT2D eigenvalue weighted by atomic mass is 19.1. The van der Waals surface area contributed by atoms with Crippen molar-refractivity contribution in [2.45, 2.75) is 33.7 Å². The number of aryl methyl sites for hydroxylation is 1. The number of nitrogens with one attached hydrogen (secondary N) is 1. The summed E-state index contributed by atoms with van der Waals surface area (Å²) in [6, 6.07) is 5.55. The van der Waals surface area contributed by atoms with Crippen LogP contribution in [0.5, 0.6) is 0 Å². The standard InChI is InChI=1S/C12H18FN/c1-8(2)10(4)14-12-6-5-9(3)7-11(12)13/h5-8,10,14H,1-4H3/t10-/m0/s1. The van der Waals surface area contributed by atoms with E-state index >= 15 is 0 Å². The van der Waals surface area contributed by atoms with Crippen LogP contribution in [-0.4, -0.2) is 6.04 Å². The molecule has 0 aromatic heterocycles. The van der Waals surface area contributed by atoms with Crippen molar-refractivity contribution in [1.29, 1.82) is 0 Å². The SMILES string of the molecule is Cc1ccc(N[C@@H](C)C(C)C)c(F)c1. The summed E-state index contributed by atoms with van der Waals surface area (Å²) < 4.78 is 13.4. The second-order valence-electron chi connectivity index (χ2n) is 4.16. The van der Waals surface area contributed by atoms with Gasteiger partial charge in [-0.2, -0.15) is 0 Å². The molecule has 0 spiro atoms. The van der Waals surface area contributed by atoms with Crippen LogP contribution in [-0.2, 0) is 0 Å². The van der Waals surface area contributed by atoms with Crippen LogP contribution in [0.15, 0.2) is 18.2 Å². The first kappa shape index (κ1) is 11.0. The minimum atomic E-state index is -0.169. The van der Waals surface area contributed by atoms with Crippen molar-refractivity contribution in [1.82, 2.24) is 0 Å². The van der Waals surface area contributed by atoms with Gasteiger partial charge in [-0.15, -0.1) is 0 Å². The predicted molar refractivity (Wildman–Crippen MR) is 59.1 cm³/mol. The Hall–Kier alpha value is -1.05. The quantitative estimate of drug-likeness (QED) is 0.777. The summed E-state index contributed by atoms with van der Waals surface area (Å²) in [5.74, 6) is 0.327. The molecule has 0 radical (unpaired) electrons. The first-order valence-corrected chi connectivity index (χ1v) is 5.03. The molecule has 0 unspecified atom stereocenters. The Bertz CT molecular complexity index is 307. The van der Waals surface area contributed by atoms with Crippen LogP contribution in [0.3, 0.4) is 0 Å². The Morgan fingerprint density at radius 1 is 1.21 bits per heavy atom. The maximum Gasteiger partial charge on any atom is 0.146 e. The van der Waals surface area contributed by atoms with Gasteiger partial charge in [0.1, 0.15) is 5.82 Å². The summed E-state index contributed by atoms with van der Waals surface area (Å²) in [6.07, 6.45) is 0. The van der Waals surface area contributed by atoms with E-state index in [1.165, 1.54) is 0 Å². The Morgan fingerprint density at radius 2 is 1.86 bits per heavy atom. The summed E-state index contributed by atoms with van der Waals surface area (Å²) >= 11 is 0. The van der Waals surface area contributed by atoms with Crippen molar-refractivity contribution in [3.05, 3.63) is 29.6 Å². The maximum absolute atomic E-state index is 13.4. The molecule has 14 heavy (non-hydrogen) atoms. The van der Waals surface area contributed by atoms with E-state index in [0.717, 1.165) is 5.56 Å². The van der Waals surface area contributed by atoms with E-state index in [2.05, 4.69) is 26.1 Å². The molecule has 1 aromatic carbocycles. The van der Waals surface area contributed by atoms with Crippen LogP contribution in [0, 0.1) is 18.7 Å². The van der Waals surface area contributed by atoms with E-state index in [-0.39, 0.29) is 11.9 Å². The minimum absolute atomic E-state index is 0.169. The molecule has 1 nitrogen and oxygen atoms in total. The van der Waals surface area contributed by atoms with Crippen molar-refractivity contribution < 1.29 is 4.39 Å². The predicted octanol–water partition coefficient (Wildman–Crippen LogP) is 3.59. The van der Waals surface area contributed by atoms with Gasteiger partial charge in [0.05, 0.1) is 5.69 Å². The number of hydrogen-bond donors (Lipinski definition) is 1. The van der Waals surface area contributed by atoms with Crippen molar-refractivity contribution in [2.24, 2.45) is 5.92 Å². The minimum Gasteiger partial charge on any atom is -0.380 e. The molecular formula is C12H18FN. The zero-order valence-corrected chi connectivity index (χ0v) is 9.26. The molecule has 0 saturated carbocycles. The highest BCUT2D eigenvalue weighted by Gasteiger charge is 2.09. The van der Waals surface area contributed by atoms with E-state index in [9.17, 15) is 4.39 Å². The normalized spacial score (nSPS) is 13.0. The summed E-state index contributed by atoms with van der Waals surface area (Å²) in [7, 11) is 0. The van der Waals surface area contributed by atoms with Gasteiger partial charge in [0.2, 0.25) is 0 Å². The molecule has 1 rings (SSSR count). The Labute approximate surface area is 85.3 Å². The van der Waals surface area contributed by atoms with Crippen LogP contribution in [0.2, 0.25) is 0 Å². The first-order valence-electron chi connectivity index (χ1n) is 5.03. The van der Waals surface area contributed by atoms with Crippen LogP contribution in [0.4, 0.5) is 10.1 Å². The molecule has 0 saturated heterocycles. The molecular weight excluding hydrogens is 177 g/mol. The number of anilines is 1. The van der Waals surface area contributed by atoms with Crippen molar-refractivity contribution in [3.8, 4) is 0 Å². The molecule has 0 fully saturated rings. The third-order valence-corrected chi connectivity index (χ3v) is 2.51. The lowest BCUT2D eigenvalue weighted by molar-refractivity contribution is 0.552. The smallest absolute Gasteiger partial charge is 0.146 e. The van der Waals surface area contributed by atoms with E-state index in [1.807, 2.05) is 13.0 Å². The number of benzene rings is 1. The van der Waals surface area contributed by atoms with E-state index in [1.54, 1.807) is 12.1 Å². The van der Waals surface area contributed by atoms with Gasteiger partial charge in [-0.3, -0.25) is 0 Å². The lowest BCUT2D eigenvalue weighted by atomic mass is 10.1. The Kier molecular flexibility index (Phi) is 3.50. The van der Waals surface area contributed by atoms with Gasteiger partial charge in [-0.05, 0) is 37.5 Å². The fourth-order valence-electron chi connectivity index (χ4n) is 1.15. The zero-order chi connectivity index (χ0) is 10.7. The topological polar surface area (TPSA) is 12.0 Å². The van der Waals surface area contributed by atoms with E-state index in [4.69, 9.17) is 0 Å². The summed E-state index contributed by atoms with van der Waals surface area (Å²) in [5.41, 5.74) is 1.54. The van der Waals surface area contributed by atoms with Crippen LogP contribution >= 0.6 is 0 Å². The fraction of sp³-hybridized carbons (Fsp3) is 0.500. The monoisotopic (exact) mass is 195 g/mol. The van der Waals surface area contributed by atoms with E-state index in [0.29, 0.717) is 11.6 Å². The van der Waals surface area contributed by atoms with Gasteiger partial charge in [0.15, 0.2) is 0 Å². The third-order valence-electron chi connectivity index (χ3n) is 2.51. The van der Waals surface area contributed by atoms with Crippen molar-refractivity contribution >= 4 is 5.69 Å². The van der Waals surface area contributed by atoms with Crippen LogP contribution < -0.4 is 5.32 Å². The molecule has 1 aromatic rings. The van der Waals surface area contributed by atoms with Crippen molar-refractivity contribution in [2.75, 3.05) is 5.32 Å². The maximum atomic E-state index is 13.4. The van der Waals surface area contributed by atoms with E-state index < -0.39 is 0 Å². The molecule has 78 valence electrons. The Morgan fingerprint density at radius 3 is 2.36 bits per heavy atom. The second-order valence-corrected chi connectivity index (χ2v) is 4.16. The first-order chi connectivity index (χ1) is 6.50. The third kappa shape index (κ3) is 2.72. The summed E-state index contributed by atoms with van der Waals surface area (Å²) in [4.78, 5) is 0.